The smallest absolute Gasteiger partial charge is 0.301 e. The van der Waals surface area contributed by atoms with E-state index in [-0.39, 0.29) is 38.1 Å². The van der Waals surface area contributed by atoms with Crippen LogP contribution in [0.15, 0.2) is 69.0 Å². The first-order valence-corrected chi connectivity index (χ1v) is 15.3. The molecule has 1 aromatic heterocycles. The highest BCUT2D eigenvalue weighted by Crippen LogP contribution is 2.47. The first kappa shape index (κ1) is 29.0. The Morgan fingerprint density at radius 2 is 1.86 bits per heavy atom. The first-order valence-electron chi connectivity index (χ1n) is 12.7. The molecule has 2 N–H and O–H groups in total. The molecule has 0 saturated carbocycles. The Morgan fingerprint density at radius 3 is 2.60 bits per heavy atom. The van der Waals surface area contributed by atoms with Gasteiger partial charge in [0.25, 0.3) is 5.78 Å². The Kier molecular flexibility index (Phi) is 7.99. The molecule has 6 rings (SSSR count). The number of benzene rings is 3. The summed E-state index contributed by atoms with van der Waals surface area (Å²) in [5.74, 6) is -1.35. The molecule has 1 amide bonds. The van der Waals surface area contributed by atoms with Crippen molar-refractivity contribution < 1.29 is 38.4 Å². The van der Waals surface area contributed by atoms with Crippen LogP contribution in [0.5, 0.6) is 23.0 Å². The molecular weight excluding hydrogens is 665 g/mol. The summed E-state index contributed by atoms with van der Waals surface area (Å²) in [7, 11) is 1.37. The number of phenolic OH excluding ortho intramolecular Hbond substituents is 1. The lowest BCUT2D eigenvalue weighted by molar-refractivity contribution is -0.132. The standard InChI is InChI=1S/C29H21BrFN3O7S2/c1-39-21-12-16(10-18(30)25(21)36)23-22(24(35)15-4-7-19-20(11-15)41-9-8-40-19)26(37)27(38)34(23)28-32-33-29(43-28)42-13-14-2-5-17(31)6-3-14/h2-7,10-12,23,35-36H,8-9,13H2,1H3/b24-22+. The van der Waals surface area contributed by atoms with Crippen molar-refractivity contribution in [1.82, 2.24) is 10.2 Å². The van der Waals surface area contributed by atoms with Gasteiger partial charge in [0.05, 0.1) is 23.2 Å². The largest absolute Gasteiger partial charge is 0.507 e. The molecule has 1 unspecified atom stereocenters. The number of aromatic nitrogens is 2. The molecule has 1 atom stereocenters. The average molecular weight is 687 g/mol. The monoisotopic (exact) mass is 685 g/mol. The van der Waals surface area contributed by atoms with Crippen LogP contribution >= 0.6 is 39.0 Å². The maximum Gasteiger partial charge on any atom is 0.301 e. The summed E-state index contributed by atoms with van der Waals surface area (Å²) in [5, 5.41) is 30.5. The number of aromatic hydroxyl groups is 1. The summed E-state index contributed by atoms with van der Waals surface area (Å²) in [6, 6.07) is 12.6. The minimum Gasteiger partial charge on any atom is -0.507 e. The van der Waals surface area contributed by atoms with Crippen LogP contribution in [0.2, 0.25) is 0 Å². The topological polar surface area (TPSA) is 131 Å². The van der Waals surface area contributed by atoms with Gasteiger partial charge in [-0.05, 0) is 69.5 Å². The van der Waals surface area contributed by atoms with Crippen LogP contribution in [0.25, 0.3) is 5.76 Å². The zero-order chi connectivity index (χ0) is 30.2. The summed E-state index contributed by atoms with van der Waals surface area (Å²) in [6.45, 7) is 0.703. The molecule has 0 spiro atoms. The highest BCUT2D eigenvalue weighted by atomic mass is 79.9. The molecule has 3 aromatic carbocycles. The van der Waals surface area contributed by atoms with Gasteiger partial charge in [-0.1, -0.05) is 35.2 Å². The number of carbonyl (C=O) groups is 2. The number of anilines is 1. The maximum atomic E-state index is 13.6. The van der Waals surface area contributed by atoms with E-state index in [1.165, 1.54) is 54.1 Å². The number of amides is 1. The van der Waals surface area contributed by atoms with Crippen molar-refractivity contribution in [2.45, 2.75) is 16.1 Å². The molecule has 2 aliphatic rings. The molecule has 0 radical (unpaired) electrons. The summed E-state index contributed by atoms with van der Waals surface area (Å²) < 4.78 is 30.6. The van der Waals surface area contributed by atoms with Crippen LogP contribution in [-0.2, 0) is 15.3 Å². The zero-order valence-corrected chi connectivity index (χ0v) is 25.5. The van der Waals surface area contributed by atoms with Crippen molar-refractivity contribution in [2.75, 3.05) is 25.2 Å². The van der Waals surface area contributed by atoms with E-state index >= 15 is 0 Å². The molecule has 220 valence electrons. The number of ketones is 1. The predicted octanol–water partition coefficient (Wildman–Crippen LogP) is 5.84. The number of phenols is 1. The molecule has 10 nitrogen and oxygen atoms in total. The molecular formula is C29H21BrFN3O7S2. The fourth-order valence-electron chi connectivity index (χ4n) is 4.68. The van der Waals surface area contributed by atoms with Crippen LogP contribution in [0.1, 0.15) is 22.7 Å². The van der Waals surface area contributed by atoms with E-state index < -0.39 is 23.5 Å². The Labute approximate surface area is 260 Å². The molecule has 2 aliphatic heterocycles. The lowest BCUT2D eigenvalue weighted by Crippen LogP contribution is -2.29. The van der Waals surface area contributed by atoms with Crippen molar-refractivity contribution in [3.05, 3.63) is 87.2 Å². The average Bonchev–Trinajstić information content (AvgIpc) is 3.59. The minimum absolute atomic E-state index is 0.0853. The number of ether oxygens (including phenoxy) is 3. The van der Waals surface area contributed by atoms with Crippen LogP contribution in [0.3, 0.4) is 0 Å². The predicted molar refractivity (Wildman–Crippen MR) is 160 cm³/mol. The molecule has 0 aliphatic carbocycles. The van der Waals surface area contributed by atoms with Crippen LogP contribution in [0, 0.1) is 5.82 Å². The van der Waals surface area contributed by atoms with Crippen molar-refractivity contribution >= 4 is 61.6 Å². The number of hydrogen-bond acceptors (Lipinski definition) is 11. The lowest BCUT2D eigenvalue weighted by Gasteiger charge is -2.24. The second kappa shape index (κ2) is 11.9. The van der Waals surface area contributed by atoms with E-state index in [1.807, 2.05) is 0 Å². The van der Waals surface area contributed by atoms with Crippen LogP contribution < -0.4 is 19.1 Å². The SMILES string of the molecule is COc1cc(C2/C(=C(\O)c3ccc4c(c3)OCCO4)C(=O)C(=O)N2c2nnc(SCc3ccc(F)cc3)s2)cc(Br)c1O. The normalized spacial score (nSPS) is 17.4. The van der Waals surface area contributed by atoms with Crippen molar-refractivity contribution in [2.24, 2.45) is 0 Å². The number of aliphatic hydroxyl groups excluding tert-OH is 1. The van der Waals surface area contributed by atoms with Gasteiger partial charge >= 0.3 is 5.91 Å². The number of thioether (sulfide) groups is 1. The quantitative estimate of drug-likeness (QED) is 0.0804. The molecule has 14 heteroatoms. The van der Waals surface area contributed by atoms with Gasteiger partial charge in [-0.15, -0.1) is 10.2 Å². The summed E-state index contributed by atoms with van der Waals surface area (Å²) in [4.78, 5) is 28.3. The zero-order valence-electron chi connectivity index (χ0n) is 22.2. The highest BCUT2D eigenvalue weighted by molar-refractivity contribution is 9.10. The van der Waals surface area contributed by atoms with Gasteiger partial charge < -0.3 is 24.4 Å². The second-order valence-electron chi connectivity index (χ2n) is 9.35. The second-order valence-corrected chi connectivity index (χ2v) is 12.4. The number of Topliss-reactive ketones (excluding diaryl/α,β-unsaturated/α-hetero) is 1. The van der Waals surface area contributed by atoms with E-state index in [4.69, 9.17) is 14.2 Å². The Morgan fingerprint density at radius 1 is 1.12 bits per heavy atom. The molecule has 1 fully saturated rings. The van der Waals surface area contributed by atoms with Gasteiger partial charge in [-0.25, -0.2) is 4.39 Å². The number of hydrogen-bond donors (Lipinski definition) is 2. The molecule has 1 saturated heterocycles. The highest BCUT2D eigenvalue weighted by Gasteiger charge is 2.49. The Bertz CT molecular complexity index is 1780. The fraction of sp³-hybridized carbons (Fsp3) is 0.172. The van der Waals surface area contributed by atoms with Crippen LogP contribution in [0.4, 0.5) is 9.52 Å². The lowest BCUT2D eigenvalue weighted by atomic mass is 9.95. The third-order valence-corrected chi connectivity index (χ3v) is 9.46. The van der Waals surface area contributed by atoms with Gasteiger partial charge in [0.1, 0.15) is 24.8 Å². The van der Waals surface area contributed by atoms with E-state index in [2.05, 4.69) is 26.1 Å². The number of nitrogens with zero attached hydrogens (tertiary/aromatic N) is 3. The van der Waals surface area contributed by atoms with Crippen LogP contribution in [-0.4, -0.2) is 52.4 Å². The van der Waals surface area contributed by atoms with E-state index in [9.17, 15) is 24.2 Å². The summed E-state index contributed by atoms with van der Waals surface area (Å²) in [5.41, 5.74) is 1.27. The van der Waals surface area contributed by atoms with Gasteiger partial charge in [0.2, 0.25) is 5.13 Å². The number of carbonyl (C=O) groups excluding carboxylic acids is 2. The molecule has 4 aromatic rings. The number of aliphatic hydroxyl groups is 1. The Balaban J connectivity index is 1.43. The first-order chi connectivity index (χ1) is 20.7. The summed E-state index contributed by atoms with van der Waals surface area (Å²) >= 11 is 5.73. The molecule has 0 bridgehead atoms. The van der Waals surface area contributed by atoms with Crippen molar-refractivity contribution in [1.29, 1.82) is 0 Å². The van der Waals surface area contributed by atoms with Gasteiger partial charge in [-0.3, -0.25) is 14.5 Å². The van der Waals surface area contributed by atoms with E-state index in [0.717, 1.165) is 16.9 Å². The molecule has 3 heterocycles. The Hall–Kier alpha value is -4.14. The van der Waals surface area contributed by atoms with Gasteiger partial charge in [0.15, 0.2) is 27.3 Å². The number of halogens is 2. The fourth-order valence-corrected chi connectivity index (χ4v) is 6.97. The third-order valence-electron chi connectivity index (χ3n) is 6.72. The van der Waals surface area contributed by atoms with Gasteiger partial charge in [0, 0.05) is 11.3 Å². The van der Waals surface area contributed by atoms with Crippen molar-refractivity contribution in [3.63, 3.8) is 0 Å². The number of rotatable bonds is 7. The number of fused-ring (bicyclic) bond motifs is 1. The van der Waals surface area contributed by atoms with E-state index in [0.29, 0.717) is 40.4 Å². The number of methoxy groups -OCH3 is 1. The summed E-state index contributed by atoms with van der Waals surface area (Å²) in [6.07, 6.45) is 0. The van der Waals surface area contributed by atoms with Crippen molar-refractivity contribution in [3.8, 4) is 23.0 Å². The third kappa shape index (κ3) is 5.53. The maximum absolute atomic E-state index is 13.6. The van der Waals surface area contributed by atoms with Gasteiger partial charge in [-0.2, -0.15) is 0 Å². The van der Waals surface area contributed by atoms with E-state index in [1.54, 1.807) is 24.3 Å². The minimum atomic E-state index is -1.15. The molecule has 43 heavy (non-hydrogen) atoms.